The first kappa shape index (κ1) is 39.6. The number of Topliss-reactive ketones (excluding diaryl/α,β-unsaturated/α-hetero) is 1. The van der Waals surface area contributed by atoms with Gasteiger partial charge in [-0.2, -0.15) is 0 Å². The van der Waals surface area contributed by atoms with Crippen molar-refractivity contribution in [3.63, 3.8) is 0 Å². The van der Waals surface area contributed by atoms with E-state index >= 15 is 0 Å². The smallest absolute Gasteiger partial charge is 0.167 e. The van der Waals surface area contributed by atoms with Crippen LogP contribution in [0.2, 0.25) is 0 Å². The molecule has 0 unspecified atom stereocenters. The molecule has 0 saturated carbocycles. The van der Waals surface area contributed by atoms with E-state index in [0.29, 0.717) is 5.57 Å². The number of hydrogen-bond acceptors (Lipinski definition) is 5. The summed E-state index contributed by atoms with van der Waals surface area (Å²) in [6, 6.07) is 33.2. The number of aliphatic hydroxyl groups is 1. The Hall–Kier alpha value is -4.64. The van der Waals surface area contributed by atoms with Gasteiger partial charge in [0, 0.05) is 58.9 Å². The topological polar surface area (TPSA) is 76.2 Å². The van der Waals surface area contributed by atoms with Crippen molar-refractivity contribution in [2.24, 2.45) is 10.8 Å². The first-order valence-corrected chi connectivity index (χ1v) is 18.0. The summed E-state index contributed by atoms with van der Waals surface area (Å²) in [7, 11) is 0. The van der Waals surface area contributed by atoms with Crippen LogP contribution in [0.4, 0.5) is 0 Å². The molecule has 0 saturated heterocycles. The van der Waals surface area contributed by atoms with Gasteiger partial charge in [0.25, 0.3) is 0 Å². The molecule has 0 amide bonds. The number of ketones is 1. The van der Waals surface area contributed by atoms with E-state index < -0.39 is 5.41 Å². The summed E-state index contributed by atoms with van der Waals surface area (Å²) in [4.78, 5) is 22.0. The minimum absolute atomic E-state index is 0. The van der Waals surface area contributed by atoms with Crippen LogP contribution in [0.3, 0.4) is 0 Å². The fraction of sp³-hybridized carbons (Fsp3) is 0.298. The molecule has 0 aliphatic carbocycles. The molecule has 7 rings (SSSR count). The quantitative estimate of drug-likeness (QED) is 0.0825. The SMILES string of the molecule is C/C(C(=O)C(C)(C)C)=C(/O)C(C)(C)C.Cc1cc(C)c2c(ccc3c(-c4[c-]ccc5c4oc4cc(-c6ccccc6)ccc45)nc(C(C)C)nc32)c1.[Ir]. The van der Waals surface area contributed by atoms with Crippen molar-refractivity contribution in [3.8, 4) is 22.4 Å². The molecule has 7 aromatic rings. The van der Waals surface area contributed by atoms with Crippen LogP contribution in [0.15, 0.2) is 101 Å². The van der Waals surface area contributed by atoms with Crippen molar-refractivity contribution in [1.29, 1.82) is 0 Å². The van der Waals surface area contributed by atoms with E-state index in [1.807, 2.05) is 53.7 Å². The fourth-order valence-corrected chi connectivity index (χ4v) is 6.87. The molecule has 2 aromatic heterocycles. The summed E-state index contributed by atoms with van der Waals surface area (Å²) in [5.74, 6) is 1.21. The summed E-state index contributed by atoms with van der Waals surface area (Å²) in [5.41, 5.74) is 8.88. The predicted octanol–water partition coefficient (Wildman–Crippen LogP) is 13.0. The van der Waals surface area contributed by atoms with E-state index in [0.717, 1.165) is 55.5 Å². The zero-order chi connectivity index (χ0) is 37.7. The minimum Gasteiger partial charge on any atom is -0.511 e. The van der Waals surface area contributed by atoms with Gasteiger partial charge in [-0.3, -0.25) is 9.78 Å². The molecule has 0 aliphatic rings. The van der Waals surface area contributed by atoms with Gasteiger partial charge in [-0.25, -0.2) is 4.98 Å². The third kappa shape index (κ3) is 7.86. The van der Waals surface area contributed by atoms with Gasteiger partial charge in [0.05, 0.1) is 11.1 Å². The van der Waals surface area contributed by atoms with Crippen molar-refractivity contribution < 1.29 is 34.4 Å². The maximum Gasteiger partial charge on any atom is 0.167 e. The van der Waals surface area contributed by atoms with Crippen molar-refractivity contribution in [2.45, 2.75) is 82.1 Å². The Morgan fingerprint density at radius 1 is 0.792 bits per heavy atom. The molecule has 0 aliphatic heterocycles. The predicted molar refractivity (Wildman–Crippen MR) is 217 cm³/mol. The Kier molecular flexibility index (Phi) is 11.2. The molecule has 275 valence electrons. The summed E-state index contributed by atoms with van der Waals surface area (Å²) in [6.45, 7) is 21.5. The molecule has 2 heterocycles. The molecule has 0 atom stereocenters. The molecular weight excluding hydrogens is 833 g/mol. The van der Waals surface area contributed by atoms with Gasteiger partial charge in [-0.15, -0.1) is 18.2 Å². The van der Waals surface area contributed by atoms with Crippen LogP contribution in [-0.4, -0.2) is 20.9 Å². The Labute approximate surface area is 326 Å². The van der Waals surface area contributed by atoms with Gasteiger partial charge in [-0.1, -0.05) is 139 Å². The third-order valence-corrected chi connectivity index (χ3v) is 9.52. The van der Waals surface area contributed by atoms with Crippen molar-refractivity contribution in [1.82, 2.24) is 9.97 Å². The van der Waals surface area contributed by atoms with E-state index in [4.69, 9.17) is 14.4 Å². The number of rotatable bonds is 4. The Morgan fingerprint density at radius 2 is 1.47 bits per heavy atom. The number of hydrogen-bond donors (Lipinski definition) is 1. The Bertz CT molecular complexity index is 2510. The van der Waals surface area contributed by atoms with E-state index in [9.17, 15) is 9.90 Å². The average molecular weight is 882 g/mol. The standard InChI is InChI=1S/C35H27N2O.C12H22O2.Ir/c1-20(2)35-36-32(28-16-14-25-18-21(3)17-22(4)31(25)33(28)37-35)29-12-8-11-27-26-15-13-24(19-30(26)38-34(27)29)23-9-6-5-7-10-23;1-8(9(13)11(2,3)4)10(14)12(5,6)7;/h5-11,13-20H,1-4H3;13H,1-7H3;/q-1;;/b;9-8-;. The molecule has 0 bridgehead atoms. The first-order chi connectivity index (χ1) is 24.5. The molecule has 1 radical (unpaired) electrons. The monoisotopic (exact) mass is 882 g/mol. The van der Waals surface area contributed by atoms with Gasteiger partial charge in [0.15, 0.2) is 5.78 Å². The molecule has 5 aromatic carbocycles. The van der Waals surface area contributed by atoms with Gasteiger partial charge >= 0.3 is 0 Å². The molecule has 6 heteroatoms. The molecular formula is C47H49IrN2O3-. The van der Waals surface area contributed by atoms with Crippen molar-refractivity contribution >= 4 is 49.4 Å². The number of furan rings is 1. The molecule has 0 spiro atoms. The van der Waals surface area contributed by atoms with Crippen LogP contribution in [-0.2, 0) is 24.9 Å². The maximum absolute atomic E-state index is 11.8. The van der Waals surface area contributed by atoms with E-state index in [-0.39, 0.29) is 43.0 Å². The van der Waals surface area contributed by atoms with E-state index in [1.54, 1.807) is 6.92 Å². The fourth-order valence-electron chi connectivity index (χ4n) is 6.87. The number of aliphatic hydroxyl groups excluding tert-OH is 1. The number of aryl methyl sites for hydroxylation is 2. The van der Waals surface area contributed by atoms with Crippen molar-refractivity contribution in [3.05, 3.63) is 119 Å². The summed E-state index contributed by atoms with van der Waals surface area (Å²) in [6.07, 6.45) is 0. The Morgan fingerprint density at radius 3 is 2.11 bits per heavy atom. The third-order valence-electron chi connectivity index (χ3n) is 9.52. The van der Waals surface area contributed by atoms with Crippen LogP contribution in [0.25, 0.3) is 66.0 Å². The van der Waals surface area contributed by atoms with Gasteiger partial charge in [0.2, 0.25) is 0 Å². The first-order valence-electron chi connectivity index (χ1n) is 18.0. The molecule has 0 fully saturated rings. The zero-order valence-corrected chi connectivity index (χ0v) is 35.0. The maximum atomic E-state index is 11.8. The van der Waals surface area contributed by atoms with Crippen LogP contribution in [0.1, 0.15) is 85.2 Å². The van der Waals surface area contributed by atoms with Gasteiger partial charge in [0.1, 0.15) is 17.2 Å². The average Bonchev–Trinajstić information content (AvgIpc) is 3.48. The number of carbonyl (C=O) groups excluding carboxylic acids is 1. The number of nitrogens with zero attached hydrogens (tertiary/aromatic N) is 2. The van der Waals surface area contributed by atoms with E-state index in [2.05, 4.69) is 107 Å². The summed E-state index contributed by atoms with van der Waals surface area (Å²) in [5, 5.41) is 15.4. The summed E-state index contributed by atoms with van der Waals surface area (Å²) >= 11 is 0. The normalized spacial score (nSPS) is 12.5. The minimum atomic E-state index is -0.427. The summed E-state index contributed by atoms with van der Waals surface area (Å²) < 4.78 is 6.58. The van der Waals surface area contributed by atoms with Crippen LogP contribution >= 0.6 is 0 Å². The number of benzene rings is 5. The molecule has 1 N–H and O–H groups in total. The second kappa shape index (κ2) is 15.0. The second-order valence-electron chi connectivity index (χ2n) is 16.3. The second-order valence-corrected chi connectivity index (χ2v) is 16.3. The Balaban J connectivity index is 0.000000310. The number of allylic oxidation sites excluding steroid dienone is 2. The largest absolute Gasteiger partial charge is 0.511 e. The zero-order valence-electron chi connectivity index (χ0n) is 32.7. The number of fused-ring (bicyclic) bond motifs is 6. The van der Waals surface area contributed by atoms with E-state index in [1.165, 1.54) is 27.5 Å². The van der Waals surface area contributed by atoms with Crippen molar-refractivity contribution in [2.75, 3.05) is 0 Å². The van der Waals surface area contributed by atoms with Crippen LogP contribution < -0.4 is 0 Å². The van der Waals surface area contributed by atoms with Crippen LogP contribution in [0.5, 0.6) is 0 Å². The van der Waals surface area contributed by atoms with Gasteiger partial charge in [-0.05, 0) is 54.3 Å². The molecule has 53 heavy (non-hydrogen) atoms. The molecule has 5 nitrogen and oxygen atoms in total. The number of aromatic nitrogens is 2. The number of carbonyl (C=O) groups is 1. The van der Waals surface area contributed by atoms with Crippen LogP contribution in [0, 0.1) is 30.7 Å². The van der Waals surface area contributed by atoms with Gasteiger partial charge < -0.3 is 9.52 Å².